The first-order chi connectivity index (χ1) is 9.22. The van der Waals surface area contributed by atoms with E-state index < -0.39 is 0 Å². The SMILES string of the molecule is CCS[C@@H]1CCCC[C@@H]1NC(=O)c1nccnc1N. The van der Waals surface area contributed by atoms with E-state index in [0.717, 1.165) is 12.2 Å². The van der Waals surface area contributed by atoms with Crippen molar-refractivity contribution in [1.82, 2.24) is 15.3 Å². The van der Waals surface area contributed by atoms with Crippen LogP contribution in [0.25, 0.3) is 0 Å². The van der Waals surface area contributed by atoms with E-state index in [1.807, 2.05) is 11.8 Å². The number of amides is 1. The van der Waals surface area contributed by atoms with E-state index in [2.05, 4.69) is 22.2 Å². The number of carbonyl (C=O) groups is 1. The molecule has 2 rings (SSSR count). The van der Waals surface area contributed by atoms with Crippen LogP contribution in [0.15, 0.2) is 12.4 Å². The summed E-state index contributed by atoms with van der Waals surface area (Å²) >= 11 is 1.92. The fourth-order valence-corrected chi connectivity index (χ4v) is 3.63. The molecule has 2 atom stereocenters. The van der Waals surface area contributed by atoms with E-state index in [-0.39, 0.29) is 23.5 Å². The molecule has 1 saturated carbocycles. The number of hydrogen-bond acceptors (Lipinski definition) is 5. The van der Waals surface area contributed by atoms with Gasteiger partial charge in [0.05, 0.1) is 0 Å². The summed E-state index contributed by atoms with van der Waals surface area (Å²) in [7, 11) is 0. The molecule has 1 aliphatic rings. The maximum atomic E-state index is 12.2. The topological polar surface area (TPSA) is 80.9 Å². The molecule has 0 unspecified atom stereocenters. The molecule has 0 spiro atoms. The van der Waals surface area contributed by atoms with Crippen molar-refractivity contribution in [3.63, 3.8) is 0 Å². The minimum atomic E-state index is -0.209. The van der Waals surface area contributed by atoms with Crippen LogP contribution >= 0.6 is 11.8 Å². The van der Waals surface area contributed by atoms with E-state index in [9.17, 15) is 4.79 Å². The highest BCUT2D eigenvalue weighted by Crippen LogP contribution is 2.28. The predicted molar refractivity (Wildman–Crippen MR) is 78.1 cm³/mol. The van der Waals surface area contributed by atoms with Gasteiger partial charge in [-0.3, -0.25) is 4.79 Å². The zero-order valence-corrected chi connectivity index (χ0v) is 11.9. The molecule has 1 aromatic heterocycles. The molecule has 1 heterocycles. The Balaban J connectivity index is 2.03. The number of hydrogen-bond donors (Lipinski definition) is 2. The van der Waals surface area contributed by atoms with Gasteiger partial charge in [-0.1, -0.05) is 19.8 Å². The van der Waals surface area contributed by atoms with Gasteiger partial charge in [-0.15, -0.1) is 0 Å². The van der Waals surface area contributed by atoms with E-state index in [4.69, 9.17) is 5.73 Å². The van der Waals surface area contributed by atoms with Crippen LogP contribution in [0.1, 0.15) is 43.1 Å². The standard InChI is InChI=1S/C13H20N4OS/c1-2-19-10-6-4-3-5-9(10)17-13(18)11-12(14)16-8-7-15-11/h7-10H,2-6H2,1H3,(H2,14,16)(H,17,18)/t9-,10+/m0/s1. The van der Waals surface area contributed by atoms with Gasteiger partial charge in [-0.05, 0) is 18.6 Å². The van der Waals surface area contributed by atoms with Crippen molar-refractivity contribution in [2.45, 2.75) is 43.9 Å². The summed E-state index contributed by atoms with van der Waals surface area (Å²) in [5.74, 6) is 1.05. The molecule has 1 aliphatic carbocycles. The number of nitrogens with zero attached hydrogens (tertiary/aromatic N) is 2. The number of aromatic nitrogens is 2. The minimum absolute atomic E-state index is 0.190. The molecule has 0 saturated heterocycles. The second-order valence-corrected chi connectivity index (χ2v) is 6.16. The van der Waals surface area contributed by atoms with Crippen LogP contribution in [-0.2, 0) is 0 Å². The van der Waals surface area contributed by atoms with Gasteiger partial charge in [0.25, 0.3) is 5.91 Å². The Labute approximate surface area is 117 Å². The summed E-state index contributed by atoms with van der Waals surface area (Å²) < 4.78 is 0. The third kappa shape index (κ3) is 3.59. The number of nitrogens with two attached hydrogens (primary N) is 1. The second-order valence-electron chi connectivity index (χ2n) is 4.65. The summed E-state index contributed by atoms with van der Waals surface area (Å²) in [6, 6.07) is 0.215. The molecular weight excluding hydrogens is 260 g/mol. The molecule has 0 aromatic carbocycles. The Morgan fingerprint density at radius 3 is 2.89 bits per heavy atom. The molecule has 0 aliphatic heterocycles. The van der Waals surface area contributed by atoms with Crippen molar-refractivity contribution in [2.24, 2.45) is 0 Å². The smallest absolute Gasteiger partial charge is 0.273 e. The van der Waals surface area contributed by atoms with Crippen LogP contribution in [-0.4, -0.2) is 32.9 Å². The summed E-state index contributed by atoms with van der Waals surface area (Å²) in [6.07, 6.45) is 7.59. The fourth-order valence-electron chi connectivity index (χ4n) is 2.44. The Kier molecular flexibility index (Phi) is 5.01. The van der Waals surface area contributed by atoms with Crippen molar-refractivity contribution < 1.29 is 4.79 Å². The molecule has 3 N–H and O–H groups in total. The van der Waals surface area contributed by atoms with Gasteiger partial charge in [0.15, 0.2) is 11.5 Å². The lowest BCUT2D eigenvalue weighted by Crippen LogP contribution is -2.44. The first kappa shape index (κ1) is 14.1. The van der Waals surface area contributed by atoms with Crippen molar-refractivity contribution in [3.05, 3.63) is 18.1 Å². The monoisotopic (exact) mass is 280 g/mol. The van der Waals surface area contributed by atoms with E-state index in [0.29, 0.717) is 5.25 Å². The number of carbonyl (C=O) groups excluding carboxylic acids is 1. The Hall–Kier alpha value is -1.30. The maximum absolute atomic E-state index is 12.2. The average Bonchev–Trinajstić information content (AvgIpc) is 2.41. The van der Waals surface area contributed by atoms with Gasteiger partial charge >= 0.3 is 0 Å². The van der Waals surface area contributed by atoms with Crippen LogP contribution in [0.4, 0.5) is 5.82 Å². The summed E-state index contributed by atoms with van der Waals surface area (Å²) in [5.41, 5.74) is 5.91. The Morgan fingerprint density at radius 2 is 2.16 bits per heavy atom. The van der Waals surface area contributed by atoms with Crippen LogP contribution < -0.4 is 11.1 Å². The first-order valence-corrected chi connectivity index (χ1v) is 7.76. The Morgan fingerprint density at radius 1 is 1.42 bits per heavy atom. The van der Waals surface area contributed by atoms with Gasteiger partial charge in [0, 0.05) is 23.7 Å². The lowest BCUT2D eigenvalue weighted by molar-refractivity contribution is 0.0925. The molecule has 1 fully saturated rings. The maximum Gasteiger partial charge on any atom is 0.273 e. The molecule has 104 valence electrons. The van der Waals surface area contributed by atoms with Crippen molar-refractivity contribution in [2.75, 3.05) is 11.5 Å². The third-order valence-corrected chi connectivity index (χ3v) is 4.67. The highest BCUT2D eigenvalue weighted by molar-refractivity contribution is 7.99. The number of nitrogen functional groups attached to an aromatic ring is 1. The molecule has 6 heteroatoms. The van der Waals surface area contributed by atoms with Crippen LogP contribution in [0.5, 0.6) is 0 Å². The summed E-state index contributed by atoms with van der Waals surface area (Å²) in [4.78, 5) is 20.1. The second kappa shape index (κ2) is 6.75. The van der Waals surface area contributed by atoms with Crippen molar-refractivity contribution >= 4 is 23.5 Å². The number of rotatable bonds is 4. The van der Waals surface area contributed by atoms with E-state index >= 15 is 0 Å². The van der Waals surface area contributed by atoms with Gasteiger partial charge in [0.1, 0.15) is 0 Å². The molecule has 0 bridgehead atoms. The number of anilines is 1. The first-order valence-electron chi connectivity index (χ1n) is 6.71. The van der Waals surface area contributed by atoms with Crippen molar-refractivity contribution in [3.8, 4) is 0 Å². The summed E-state index contributed by atoms with van der Waals surface area (Å²) in [6.45, 7) is 2.15. The van der Waals surface area contributed by atoms with Gasteiger partial charge in [0.2, 0.25) is 0 Å². The fraction of sp³-hybridized carbons (Fsp3) is 0.615. The molecule has 5 nitrogen and oxygen atoms in total. The molecule has 1 aromatic rings. The number of thioether (sulfide) groups is 1. The highest BCUT2D eigenvalue weighted by atomic mass is 32.2. The largest absolute Gasteiger partial charge is 0.382 e. The van der Waals surface area contributed by atoms with Crippen LogP contribution in [0, 0.1) is 0 Å². The lowest BCUT2D eigenvalue weighted by Gasteiger charge is -2.31. The third-order valence-electron chi connectivity index (χ3n) is 3.34. The molecule has 0 radical (unpaired) electrons. The van der Waals surface area contributed by atoms with Gasteiger partial charge < -0.3 is 11.1 Å². The lowest BCUT2D eigenvalue weighted by atomic mass is 9.95. The quantitative estimate of drug-likeness (QED) is 0.879. The average molecular weight is 280 g/mol. The zero-order chi connectivity index (χ0) is 13.7. The predicted octanol–water partition coefficient (Wildman–Crippen LogP) is 1.85. The van der Waals surface area contributed by atoms with Gasteiger partial charge in [-0.2, -0.15) is 11.8 Å². The molecular formula is C13H20N4OS. The molecule has 19 heavy (non-hydrogen) atoms. The van der Waals surface area contributed by atoms with Crippen LogP contribution in [0.3, 0.4) is 0 Å². The summed E-state index contributed by atoms with van der Waals surface area (Å²) in [5, 5.41) is 3.57. The number of nitrogens with one attached hydrogen (secondary N) is 1. The normalized spacial score (nSPS) is 23.0. The van der Waals surface area contributed by atoms with E-state index in [1.165, 1.54) is 31.7 Å². The minimum Gasteiger partial charge on any atom is -0.382 e. The van der Waals surface area contributed by atoms with Crippen molar-refractivity contribution in [1.29, 1.82) is 0 Å². The van der Waals surface area contributed by atoms with Crippen LogP contribution in [0.2, 0.25) is 0 Å². The Bertz CT molecular complexity index is 438. The van der Waals surface area contributed by atoms with E-state index in [1.54, 1.807) is 0 Å². The highest BCUT2D eigenvalue weighted by Gasteiger charge is 2.27. The zero-order valence-electron chi connectivity index (χ0n) is 11.1. The van der Waals surface area contributed by atoms with Gasteiger partial charge in [-0.25, -0.2) is 9.97 Å². The molecule has 1 amide bonds.